The van der Waals surface area contributed by atoms with Gasteiger partial charge in [0.2, 0.25) is 0 Å². The summed E-state index contributed by atoms with van der Waals surface area (Å²) in [6.45, 7) is 3.56. The highest BCUT2D eigenvalue weighted by Gasteiger charge is 2.27. The first-order valence-electron chi connectivity index (χ1n) is 5.50. The van der Waals surface area contributed by atoms with E-state index in [0.29, 0.717) is 12.8 Å². The summed E-state index contributed by atoms with van der Waals surface area (Å²) >= 11 is 0. The molecule has 2 nitrogen and oxygen atoms in total. The topological polar surface area (TPSA) is 40.5 Å². The second-order valence-electron chi connectivity index (χ2n) is 4.25. The number of benzene rings is 1. The smallest absolute Gasteiger partial charge is 0.0875 e. The standard InChI is InChI=1S/C13H20O2/c1-3-13(2,15)12(14)10-9-11-7-5-4-6-8-11/h4-8,12,14-15H,3,9-10H2,1-2H3. The molecule has 2 N–H and O–H groups in total. The lowest BCUT2D eigenvalue weighted by Crippen LogP contribution is -2.38. The molecule has 84 valence electrons. The fraction of sp³-hybridized carbons (Fsp3) is 0.538. The van der Waals surface area contributed by atoms with Crippen LogP contribution >= 0.6 is 0 Å². The minimum atomic E-state index is -0.964. The Morgan fingerprint density at radius 2 is 1.87 bits per heavy atom. The van der Waals surface area contributed by atoms with Gasteiger partial charge < -0.3 is 10.2 Å². The molecule has 15 heavy (non-hydrogen) atoms. The van der Waals surface area contributed by atoms with Crippen LogP contribution in [0.2, 0.25) is 0 Å². The van der Waals surface area contributed by atoms with Gasteiger partial charge in [0.05, 0.1) is 11.7 Å². The molecule has 0 bridgehead atoms. The molecule has 0 saturated heterocycles. The van der Waals surface area contributed by atoms with E-state index in [1.165, 1.54) is 5.56 Å². The van der Waals surface area contributed by atoms with Crippen molar-refractivity contribution in [2.75, 3.05) is 0 Å². The predicted octanol–water partition coefficient (Wildman–Crippen LogP) is 2.14. The van der Waals surface area contributed by atoms with E-state index in [1.54, 1.807) is 6.92 Å². The Labute approximate surface area is 91.6 Å². The van der Waals surface area contributed by atoms with Crippen LogP contribution < -0.4 is 0 Å². The molecule has 0 heterocycles. The third kappa shape index (κ3) is 3.65. The fourth-order valence-corrected chi connectivity index (χ4v) is 1.49. The monoisotopic (exact) mass is 208 g/mol. The van der Waals surface area contributed by atoms with E-state index in [0.717, 1.165) is 6.42 Å². The normalized spacial score (nSPS) is 17.1. The van der Waals surface area contributed by atoms with E-state index in [9.17, 15) is 10.2 Å². The van der Waals surface area contributed by atoms with Crippen LogP contribution in [-0.4, -0.2) is 21.9 Å². The van der Waals surface area contributed by atoms with Crippen LogP contribution in [0, 0.1) is 0 Å². The van der Waals surface area contributed by atoms with Crippen LogP contribution in [0.1, 0.15) is 32.3 Å². The highest BCUT2D eigenvalue weighted by molar-refractivity contribution is 5.14. The molecule has 1 aromatic rings. The zero-order valence-electron chi connectivity index (χ0n) is 9.48. The zero-order valence-corrected chi connectivity index (χ0v) is 9.48. The Morgan fingerprint density at radius 3 is 2.40 bits per heavy atom. The molecule has 1 rings (SSSR count). The largest absolute Gasteiger partial charge is 0.390 e. The van der Waals surface area contributed by atoms with Crippen LogP contribution in [0.3, 0.4) is 0 Å². The summed E-state index contributed by atoms with van der Waals surface area (Å²) in [5, 5.41) is 19.6. The highest BCUT2D eigenvalue weighted by atomic mass is 16.3. The van der Waals surface area contributed by atoms with Crippen molar-refractivity contribution in [2.24, 2.45) is 0 Å². The first-order chi connectivity index (χ1) is 7.06. The maximum atomic E-state index is 9.82. The Balaban J connectivity index is 2.44. The molecule has 0 spiro atoms. The second-order valence-corrected chi connectivity index (χ2v) is 4.25. The van der Waals surface area contributed by atoms with E-state index in [2.05, 4.69) is 0 Å². The Morgan fingerprint density at radius 1 is 1.27 bits per heavy atom. The van der Waals surface area contributed by atoms with Crippen molar-refractivity contribution in [3.8, 4) is 0 Å². The van der Waals surface area contributed by atoms with E-state index in [1.807, 2.05) is 37.3 Å². The molecule has 1 aromatic carbocycles. The lowest BCUT2D eigenvalue weighted by atomic mass is 9.91. The molecule has 2 atom stereocenters. The fourth-order valence-electron chi connectivity index (χ4n) is 1.49. The molecule has 0 aliphatic carbocycles. The minimum Gasteiger partial charge on any atom is -0.390 e. The summed E-state index contributed by atoms with van der Waals surface area (Å²) in [4.78, 5) is 0. The summed E-state index contributed by atoms with van der Waals surface area (Å²) in [6, 6.07) is 10.0. The molecule has 0 radical (unpaired) electrons. The first-order valence-corrected chi connectivity index (χ1v) is 5.50. The van der Waals surface area contributed by atoms with Crippen LogP contribution in [-0.2, 0) is 6.42 Å². The van der Waals surface area contributed by atoms with Crippen LogP contribution in [0.25, 0.3) is 0 Å². The molecular weight excluding hydrogens is 188 g/mol. The third-order valence-corrected chi connectivity index (χ3v) is 2.98. The van der Waals surface area contributed by atoms with Gasteiger partial charge in [0.25, 0.3) is 0 Å². The lowest BCUT2D eigenvalue weighted by molar-refractivity contribution is -0.0667. The minimum absolute atomic E-state index is 0.572. The third-order valence-electron chi connectivity index (χ3n) is 2.98. The van der Waals surface area contributed by atoms with Crippen molar-refractivity contribution < 1.29 is 10.2 Å². The van der Waals surface area contributed by atoms with Crippen LogP contribution in [0.5, 0.6) is 0 Å². The molecule has 2 unspecified atom stereocenters. The number of hydrogen-bond acceptors (Lipinski definition) is 2. The highest BCUT2D eigenvalue weighted by Crippen LogP contribution is 2.18. The molecular formula is C13H20O2. The quantitative estimate of drug-likeness (QED) is 0.778. The predicted molar refractivity (Wildman–Crippen MR) is 61.7 cm³/mol. The van der Waals surface area contributed by atoms with Gasteiger partial charge in [0.1, 0.15) is 0 Å². The summed E-state index contributed by atoms with van der Waals surface area (Å²) in [6.07, 6.45) is 1.33. The van der Waals surface area contributed by atoms with Gasteiger partial charge in [-0.15, -0.1) is 0 Å². The number of aliphatic hydroxyl groups is 2. The van der Waals surface area contributed by atoms with Crippen LogP contribution in [0.15, 0.2) is 30.3 Å². The molecule has 0 fully saturated rings. The van der Waals surface area contributed by atoms with Crippen molar-refractivity contribution in [1.82, 2.24) is 0 Å². The Hall–Kier alpha value is -0.860. The second kappa shape index (κ2) is 5.29. The maximum Gasteiger partial charge on any atom is 0.0875 e. The number of rotatable bonds is 5. The SMILES string of the molecule is CCC(C)(O)C(O)CCc1ccccc1. The van der Waals surface area contributed by atoms with Gasteiger partial charge in [0.15, 0.2) is 0 Å². The van der Waals surface area contributed by atoms with E-state index < -0.39 is 11.7 Å². The molecule has 0 aliphatic heterocycles. The average Bonchev–Trinajstić information content (AvgIpc) is 2.27. The Bertz CT molecular complexity index is 280. The first kappa shape index (κ1) is 12.2. The molecule has 2 heteroatoms. The number of aliphatic hydroxyl groups excluding tert-OH is 1. The maximum absolute atomic E-state index is 9.82. The Kier molecular flexibility index (Phi) is 4.30. The summed E-state index contributed by atoms with van der Waals surface area (Å²) < 4.78 is 0. The summed E-state index contributed by atoms with van der Waals surface area (Å²) in [7, 11) is 0. The van der Waals surface area contributed by atoms with E-state index >= 15 is 0 Å². The van der Waals surface area contributed by atoms with Gasteiger partial charge in [-0.1, -0.05) is 37.3 Å². The van der Waals surface area contributed by atoms with Gasteiger partial charge >= 0.3 is 0 Å². The zero-order chi connectivity index (χ0) is 11.3. The van der Waals surface area contributed by atoms with Crippen molar-refractivity contribution in [3.05, 3.63) is 35.9 Å². The number of aryl methyl sites for hydroxylation is 1. The average molecular weight is 208 g/mol. The number of hydrogen-bond donors (Lipinski definition) is 2. The van der Waals surface area contributed by atoms with Crippen molar-refractivity contribution in [3.63, 3.8) is 0 Å². The lowest BCUT2D eigenvalue weighted by Gasteiger charge is -2.27. The van der Waals surface area contributed by atoms with Gasteiger partial charge in [0, 0.05) is 0 Å². The van der Waals surface area contributed by atoms with Crippen molar-refractivity contribution in [2.45, 2.75) is 44.8 Å². The van der Waals surface area contributed by atoms with Crippen molar-refractivity contribution >= 4 is 0 Å². The summed E-state index contributed by atoms with van der Waals surface area (Å²) in [5.74, 6) is 0. The van der Waals surface area contributed by atoms with E-state index in [-0.39, 0.29) is 0 Å². The molecule has 0 aliphatic rings. The molecule has 0 amide bonds. The van der Waals surface area contributed by atoms with Crippen molar-refractivity contribution in [1.29, 1.82) is 0 Å². The van der Waals surface area contributed by atoms with Gasteiger partial charge in [-0.2, -0.15) is 0 Å². The van der Waals surface area contributed by atoms with Crippen LogP contribution in [0.4, 0.5) is 0 Å². The van der Waals surface area contributed by atoms with E-state index in [4.69, 9.17) is 0 Å². The van der Waals surface area contributed by atoms with Gasteiger partial charge in [-0.3, -0.25) is 0 Å². The molecule has 0 aromatic heterocycles. The summed E-state index contributed by atoms with van der Waals surface area (Å²) in [5.41, 5.74) is 0.234. The van der Waals surface area contributed by atoms with Gasteiger partial charge in [-0.25, -0.2) is 0 Å². The molecule has 0 saturated carbocycles. The van der Waals surface area contributed by atoms with Gasteiger partial charge in [-0.05, 0) is 31.7 Å².